The van der Waals surface area contributed by atoms with Gasteiger partial charge in [-0.25, -0.2) is 0 Å². The van der Waals surface area contributed by atoms with Crippen LogP contribution >= 0.6 is 0 Å². The van der Waals surface area contributed by atoms with Crippen LogP contribution in [0.15, 0.2) is 18.2 Å². The lowest BCUT2D eigenvalue weighted by molar-refractivity contribution is -0.114. The van der Waals surface area contributed by atoms with Crippen molar-refractivity contribution in [3.63, 3.8) is 0 Å². The summed E-state index contributed by atoms with van der Waals surface area (Å²) < 4.78 is 5.26. The van der Waals surface area contributed by atoms with Crippen LogP contribution < -0.4 is 10.6 Å². The largest absolute Gasteiger partial charge is 0.382 e. The molecule has 2 rings (SSSR count). The van der Waals surface area contributed by atoms with Gasteiger partial charge in [0.15, 0.2) is 0 Å². The topological polar surface area (TPSA) is 50.4 Å². The number of hydrogen-bond donors (Lipinski definition) is 2. The van der Waals surface area contributed by atoms with E-state index < -0.39 is 0 Å². The van der Waals surface area contributed by atoms with E-state index in [0.29, 0.717) is 12.1 Å². The number of nitrogens with one attached hydrogen (secondary N) is 2. The van der Waals surface area contributed by atoms with Gasteiger partial charge in [-0.3, -0.25) is 4.79 Å². The standard InChI is InChI=1S/C14H20N2O2/c1-9-4-5-11(15-10(2)17)8-14(9)16-12-6-13(7-12)18-3/h4-5,8,12-13,16H,6-7H2,1-3H3,(H,15,17). The van der Waals surface area contributed by atoms with E-state index in [0.717, 1.165) is 24.2 Å². The summed E-state index contributed by atoms with van der Waals surface area (Å²) in [6, 6.07) is 6.39. The molecular weight excluding hydrogens is 228 g/mol. The monoisotopic (exact) mass is 248 g/mol. The molecule has 4 heteroatoms. The Kier molecular flexibility index (Phi) is 3.87. The third-order valence-electron chi connectivity index (χ3n) is 3.35. The maximum atomic E-state index is 11.0. The van der Waals surface area contributed by atoms with Crippen LogP contribution in [0, 0.1) is 6.92 Å². The summed E-state index contributed by atoms with van der Waals surface area (Å²) in [7, 11) is 1.75. The Labute approximate surface area is 108 Å². The lowest BCUT2D eigenvalue weighted by Gasteiger charge is -2.35. The van der Waals surface area contributed by atoms with Crippen LogP contribution in [0.1, 0.15) is 25.3 Å². The fourth-order valence-corrected chi connectivity index (χ4v) is 2.15. The van der Waals surface area contributed by atoms with Crippen molar-refractivity contribution in [1.29, 1.82) is 0 Å². The highest BCUT2D eigenvalue weighted by atomic mass is 16.5. The van der Waals surface area contributed by atoms with Crippen LogP contribution in [0.2, 0.25) is 0 Å². The van der Waals surface area contributed by atoms with Gasteiger partial charge in [0.05, 0.1) is 6.10 Å². The number of methoxy groups -OCH3 is 1. The number of hydrogen-bond acceptors (Lipinski definition) is 3. The van der Waals surface area contributed by atoms with Gasteiger partial charge in [-0.05, 0) is 37.5 Å². The minimum atomic E-state index is -0.0482. The smallest absolute Gasteiger partial charge is 0.221 e. The molecule has 4 nitrogen and oxygen atoms in total. The van der Waals surface area contributed by atoms with Gasteiger partial charge in [-0.2, -0.15) is 0 Å². The van der Waals surface area contributed by atoms with Gasteiger partial charge in [0.25, 0.3) is 0 Å². The highest BCUT2D eigenvalue weighted by molar-refractivity contribution is 5.89. The molecule has 1 aromatic carbocycles. The van der Waals surface area contributed by atoms with Gasteiger partial charge in [0, 0.05) is 31.5 Å². The summed E-state index contributed by atoms with van der Waals surface area (Å²) in [6.45, 7) is 3.58. The normalized spacial score (nSPS) is 22.2. The van der Waals surface area contributed by atoms with Crippen molar-refractivity contribution in [3.8, 4) is 0 Å². The number of benzene rings is 1. The van der Waals surface area contributed by atoms with Crippen molar-refractivity contribution in [1.82, 2.24) is 0 Å². The summed E-state index contributed by atoms with van der Waals surface area (Å²) in [6.07, 6.45) is 2.47. The van der Waals surface area contributed by atoms with Crippen LogP contribution in [0.5, 0.6) is 0 Å². The molecule has 0 aromatic heterocycles. The molecule has 1 saturated carbocycles. The number of carbonyl (C=O) groups is 1. The summed E-state index contributed by atoms with van der Waals surface area (Å²) in [5.41, 5.74) is 3.10. The Morgan fingerprint density at radius 1 is 1.39 bits per heavy atom. The molecule has 0 unspecified atom stereocenters. The molecule has 0 heterocycles. The molecule has 1 aliphatic rings. The zero-order chi connectivity index (χ0) is 13.1. The zero-order valence-electron chi connectivity index (χ0n) is 11.1. The molecule has 0 atom stereocenters. The molecule has 1 fully saturated rings. The fourth-order valence-electron chi connectivity index (χ4n) is 2.15. The molecule has 0 aliphatic heterocycles. The average Bonchev–Trinajstić information content (AvgIpc) is 2.26. The van der Waals surface area contributed by atoms with Gasteiger partial charge < -0.3 is 15.4 Å². The molecule has 1 aromatic rings. The minimum absolute atomic E-state index is 0.0482. The van der Waals surface area contributed by atoms with Crippen LogP contribution in [0.25, 0.3) is 0 Å². The first-order valence-corrected chi connectivity index (χ1v) is 6.26. The molecule has 1 amide bonds. The lowest BCUT2D eigenvalue weighted by Crippen LogP contribution is -2.40. The molecule has 18 heavy (non-hydrogen) atoms. The Morgan fingerprint density at radius 3 is 2.72 bits per heavy atom. The van der Waals surface area contributed by atoms with Crippen molar-refractivity contribution in [2.45, 2.75) is 38.8 Å². The number of rotatable bonds is 4. The fraction of sp³-hybridized carbons (Fsp3) is 0.500. The van der Waals surface area contributed by atoms with Gasteiger partial charge in [0.2, 0.25) is 5.91 Å². The molecule has 0 radical (unpaired) electrons. The number of amides is 1. The molecule has 2 N–H and O–H groups in total. The van der Waals surface area contributed by atoms with E-state index in [1.165, 1.54) is 12.5 Å². The van der Waals surface area contributed by atoms with E-state index in [9.17, 15) is 4.79 Å². The number of anilines is 2. The lowest BCUT2D eigenvalue weighted by atomic mass is 9.89. The summed E-state index contributed by atoms with van der Waals surface area (Å²) in [5.74, 6) is -0.0482. The van der Waals surface area contributed by atoms with Crippen molar-refractivity contribution < 1.29 is 9.53 Å². The summed E-state index contributed by atoms with van der Waals surface area (Å²) >= 11 is 0. The van der Waals surface area contributed by atoms with Crippen LogP contribution in [0.3, 0.4) is 0 Å². The average molecular weight is 248 g/mol. The van der Waals surface area contributed by atoms with Crippen LogP contribution in [-0.4, -0.2) is 25.2 Å². The molecular formula is C14H20N2O2. The van der Waals surface area contributed by atoms with E-state index in [2.05, 4.69) is 17.6 Å². The first-order valence-electron chi connectivity index (χ1n) is 6.26. The molecule has 0 bridgehead atoms. The second-order valence-electron chi connectivity index (χ2n) is 4.88. The number of carbonyl (C=O) groups excluding carboxylic acids is 1. The molecule has 1 aliphatic carbocycles. The predicted molar refractivity (Wildman–Crippen MR) is 72.9 cm³/mol. The van der Waals surface area contributed by atoms with E-state index in [4.69, 9.17) is 4.74 Å². The Morgan fingerprint density at radius 2 is 2.11 bits per heavy atom. The second kappa shape index (κ2) is 5.40. The SMILES string of the molecule is COC1CC(Nc2cc(NC(C)=O)ccc2C)C1. The highest BCUT2D eigenvalue weighted by Gasteiger charge is 2.28. The second-order valence-corrected chi connectivity index (χ2v) is 4.88. The molecule has 0 saturated heterocycles. The van der Waals surface area contributed by atoms with Crippen LogP contribution in [-0.2, 0) is 9.53 Å². The first-order chi connectivity index (χ1) is 8.58. The van der Waals surface area contributed by atoms with Crippen molar-refractivity contribution in [2.75, 3.05) is 17.7 Å². The van der Waals surface area contributed by atoms with Gasteiger partial charge in [0.1, 0.15) is 0 Å². The molecule has 98 valence electrons. The van der Waals surface area contributed by atoms with E-state index in [1.807, 2.05) is 18.2 Å². The zero-order valence-corrected chi connectivity index (χ0v) is 11.1. The highest BCUT2D eigenvalue weighted by Crippen LogP contribution is 2.29. The summed E-state index contributed by atoms with van der Waals surface area (Å²) in [4.78, 5) is 11.0. The van der Waals surface area contributed by atoms with Crippen LogP contribution in [0.4, 0.5) is 11.4 Å². The Balaban J connectivity index is 2.00. The predicted octanol–water partition coefficient (Wildman–Crippen LogP) is 2.54. The van der Waals surface area contributed by atoms with E-state index >= 15 is 0 Å². The quantitative estimate of drug-likeness (QED) is 0.861. The van der Waals surface area contributed by atoms with Crippen molar-refractivity contribution in [3.05, 3.63) is 23.8 Å². The van der Waals surface area contributed by atoms with Gasteiger partial charge >= 0.3 is 0 Å². The Bertz CT molecular complexity index is 439. The van der Waals surface area contributed by atoms with Crippen molar-refractivity contribution in [2.24, 2.45) is 0 Å². The maximum absolute atomic E-state index is 11.0. The van der Waals surface area contributed by atoms with E-state index in [-0.39, 0.29) is 5.91 Å². The minimum Gasteiger partial charge on any atom is -0.382 e. The molecule has 0 spiro atoms. The van der Waals surface area contributed by atoms with Gasteiger partial charge in [-0.1, -0.05) is 6.07 Å². The van der Waals surface area contributed by atoms with Crippen molar-refractivity contribution >= 4 is 17.3 Å². The number of aryl methyl sites for hydroxylation is 1. The Hall–Kier alpha value is -1.55. The third-order valence-corrected chi connectivity index (χ3v) is 3.35. The van der Waals surface area contributed by atoms with Gasteiger partial charge in [-0.15, -0.1) is 0 Å². The number of ether oxygens (including phenoxy) is 1. The third kappa shape index (κ3) is 3.01. The summed E-state index contributed by atoms with van der Waals surface area (Å²) in [5, 5.41) is 6.29. The first kappa shape index (κ1) is 12.9. The van der Waals surface area contributed by atoms with E-state index in [1.54, 1.807) is 7.11 Å². The maximum Gasteiger partial charge on any atom is 0.221 e.